The third kappa shape index (κ3) is 7.74. The smallest absolute Gasteiger partial charge is 0.354 e. The van der Waals surface area contributed by atoms with E-state index in [2.05, 4.69) is 10.6 Å². The van der Waals surface area contributed by atoms with Gasteiger partial charge in [0.05, 0.1) is 6.04 Å². The molecule has 0 spiro atoms. The van der Waals surface area contributed by atoms with Crippen molar-refractivity contribution in [3.8, 4) is 0 Å². The Hall–Kier alpha value is -2.28. The van der Waals surface area contributed by atoms with E-state index in [1.165, 1.54) is 0 Å². The maximum absolute atomic E-state index is 12.1. The summed E-state index contributed by atoms with van der Waals surface area (Å²) in [6.45, 7) is 2.26. The molecule has 3 atom stereocenters. The molecule has 0 saturated heterocycles. The minimum atomic E-state index is -4.95. The topological polar surface area (TPSA) is 238 Å². The first-order chi connectivity index (χ1) is 11.8. The molecule has 0 rings (SSSR count). The van der Waals surface area contributed by atoms with E-state index < -0.39 is 42.3 Å². The molecule has 0 aliphatic heterocycles. The van der Waals surface area contributed by atoms with Crippen LogP contribution >= 0.6 is 7.60 Å². The average Bonchev–Trinajstić information content (AvgIpc) is 2.49. The first-order valence-corrected chi connectivity index (χ1v) is 9.13. The molecule has 9 N–H and O–H groups in total. The highest BCUT2D eigenvalue weighted by molar-refractivity contribution is 7.52. The van der Waals surface area contributed by atoms with Gasteiger partial charge >= 0.3 is 13.5 Å². The van der Waals surface area contributed by atoms with Gasteiger partial charge in [0.15, 0.2) is 16.8 Å². The van der Waals surface area contributed by atoms with Crippen LogP contribution in [0.4, 0.5) is 0 Å². The lowest BCUT2D eigenvalue weighted by Crippen LogP contribution is -2.54. The molecule has 14 nitrogen and oxygen atoms in total. The van der Waals surface area contributed by atoms with Crippen molar-refractivity contribution in [1.29, 1.82) is 5.41 Å². The Morgan fingerprint density at radius 1 is 1.38 bits per heavy atom. The zero-order valence-electron chi connectivity index (χ0n) is 14.3. The molecule has 0 unspecified atom stereocenters. The zero-order valence-corrected chi connectivity index (χ0v) is 15.2. The van der Waals surface area contributed by atoms with Gasteiger partial charge < -0.3 is 31.9 Å². The van der Waals surface area contributed by atoms with Crippen LogP contribution in [0.2, 0.25) is 0 Å². The van der Waals surface area contributed by atoms with Crippen molar-refractivity contribution in [3.05, 3.63) is 10.1 Å². The minimum Gasteiger partial charge on any atom is -0.370 e. The number of nitrogens with one attached hydrogen (secondary N) is 3. The van der Waals surface area contributed by atoms with Gasteiger partial charge in [-0.3, -0.25) is 19.6 Å². The minimum absolute atomic E-state index is 0.185. The van der Waals surface area contributed by atoms with Gasteiger partial charge in [-0.25, -0.2) is 10.1 Å². The van der Waals surface area contributed by atoms with Gasteiger partial charge in [-0.1, -0.05) is 0 Å². The lowest BCUT2D eigenvalue weighted by atomic mass is 10.1. The molecule has 0 aromatic heterocycles. The first-order valence-electron chi connectivity index (χ1n) is 7.45. The molecule has 0 aromatic rings. The summed E-state index contributed by atoms with van der Waals surface area (Å²) in [5, 5.41) is 21.2. The van der Waals surface area contributed by atoms with Crippen LogP contribution in [0.25, 0.3) is 0 Å². The van der Waals surface area contributed by atoms with E-state index in [-0.39, 0.29) is 17.4 Å². The standard InChI is InChI=1S/C11H24N7O7P/c1-6(10(20)17(18(21)22)7(2)26(23,24)25)16-9(19)8(12)4-3-5-15-11(13)14/h6-8H,3-5,12H2,1-2H3,(H,16,19)(H4,13,14,15)(H2,23,24,25)/t6-,7+,8-/m0/s1. The molecule has 0 radical (unpaired) electrons. The van der Waals surface area contributed by atoms with Crippen molar-refractivity contribution < 1.29 is 29.0 Å². The Labute approximate surface area is 149 Å². The van der Waals surface area contributed by atoms with Crippen LogP contribution in [0.15, 0.2) is 0 Å². The lowest BCUT2D eigenvalue weighted by Gasteiger charge is -2.24. The second-order valence-electron chi connectivity index (χ2n) is 5.46. The summed E-state index contributed by atoms with van der Waals surface area (Å²) in [6, 6.07) is -2.45. The maximum Gasteiger partial charge on any atom is 0.354 e. The molecule has 0 bridgehead atoms. The van der Waals surface area contributed by atoms with Crippen molar-refractivity contribution in [1.82, 2.24) is 15.6 Å². The van der Waals surface area contributed by atoms with Crippen LogP contribution in [-0.2, 0) is 14.2 Å². The van der Waals surface area contributed by atoms with Crippen molar-refractivity contribution in [2.24, 2.45) is 11.5 Å². The Morgan fingerprint density at radius 3 is 2.35 bits per heavy atom. The number of carbonyl (C=O) groups excluding carboxylic acids is 2. The fourth-order valence-corrected chi connectivity index (χ4v) is 2.28. The number of nitrogens with two attached hydrogens (primary N) is 2. The van der Waals surface area contributed by atoms with Crippen LogP contribution < -0.4 is 22.1 Å². The second-order valence-corrected chi connectivity index (χ2v) is 7.39. The van der Waals surface area contributed by atoms with Crippen LogP contribution in [0.3, 0.4) is 0 Å². The molecule has 0 aliphatic carbocycles. The van der Waals surface area contributed by atoms with E-state index in [1.807, 2.05) is 0 Å². The summed E-state index contributed by atoms with van der Waals surface area (Å²) in [6.07, 6.45) is 0.581. The number of hydrogen-bond donors (Lipinski definition) is 7. The number of amides is 2. The molecule has 2 amide bonds. The van der Waals surface area contributed by atoms with Gasteiger partial charge in [-0.2, -0.15) is 0 Å². The van der Waals surface area contributed by atoms with Gasteiger partial charge in [0.1, 0.15) is 6.04 Å². The van der Waals surface area contributed by atoms with Crippen LogP contribution in [0, 0.1) is 15.5 Å². The fourth-order valence-electron chi connectivity index (χ4n) is 1.80. The van der Waals surface area contributed by atoms with Gasteiger partial charge in [0, 0.05) is 6.54 Å². The Balaban J connectivity index is 4.80. The summed E-state index contributed by atoms with van der Waals surface area (Å²) in [7, 11) is -4.95. The van der Waals surface area contributed by atoms with Crippen LogP contribution in [-0.4, -0.2) is 62.0 Å². The Kier molecular flexibility index (Phi) is 9.13. The number of guanidine groups is 1. The van der Waals surface area contributed by atoms with E-state index >= 15 is 0 Å². The van der Waals surface area contributed by atoms with E-state index in [1.54, 1.807) is 0 Å². The number of hydrazine groups is 1. The van der Waals surface area contributed by atoms with Crippen molar-refractivity contribution >= 4 is 25.4 Å². The highest BCUT2D eigenvalue weighted by Gasteiger charge is 2.43. The third-order valence-electron chi connectivity index (χ3n) is 3.32. The van der Waals surface area contributed by atoms with Crippen molar-refractivity contribution in [3.63, 3.8) is 0 Å². The van der Waals surface area contributed by atoms with Gasteiger partial charge in [0.25, 0.3) is 0 Å². The summed E-state index contributed by atoms with van der Waals surface area (Å²) in [5.74, 6) is -4.30. The van der Waals surface area contributed by atoms with Gasteiger partial charge in [0.2, 0.25) is 5.91 Å². The maximum atomic E-state index is 12.1. The fraction of sp³-hybridized carbons (Fsp3) is 0.727. The lowest BCUT2D eigenvalue weighted by molar-refractivity contribution is -0.638. The van der Waals surface area contributed by atoms with Crippen LogP contribution in [0.5, 0.6) is 0 Å². The van der Waals surface area contributed by atoms with Crippen molar-refractivity contribution in [2.75, 3.05) is 6.54 Å². The van der Waals surface area contributed by atoms with Gasteiger partial charge in [-0.15, -0.1) is 0 Å². The molecular formula is C11H24N7O7P. The van der Waals surface area contributed by atoms with Crippen LogP contribution in [0.1, 0.15) is 26.7 Å². The molecule has 0 saturated carbocycles. The predicted molar refractivity (Wildman–Crippen MR) is 90.1 cm³/mol. The summed E-state index contributed by atoms with van der Waals surface area (Å²) >= 11 is 0. The number of carbonyl (C=O) groups is 2. The highest BCUT2D eigenvalue weighted by atomic mass is 31.2. The number of nitro groups is 1. The summed E-state index contributed by atoms with van der Waals surface area (Å²) in [5.41, 5.74) is 10.7. The quantitative estimate of drug-likeness (QED) is 0.0516. The zero-order chi connectivity index (χ0) is 20.7. The molecule has 15 heteroatoms. The van der Waals surface area contributed by atoms with E-state index in [9.17, 15) is 24.3 Å². The van der Waals surface area contributed by atoms with Crippen molar-refractivity contribution in [2.45, 2.75) is 44.6 Å². The Bertz CT molecular complexity index is 595. The molecule has 0 fully saturated rings. The number of nitrogens with zero attached hydrogens (tertiary/aromatic N) is 2. The number of rotatable bonds is 10. The summed E-state index contributed by atoms with van der Waals surface area (Å²) < 4.78 is 11.2. The second kappa shape index (κ2) is 10.0. The van der Waals surface area contributed by atoms with E-state index in [4.69, 9.17) is 26.7 Å². The summed E-state index contributed by atoms with van der Waals surface area (Å²) in [4.78, 5) is 53.1. The normalized spacial score (nSPS) is 14.7. The Morgan fingerprint density at radius 2 is 1.92 bits per heavy atom. The molecule has 0 heterocycles. The first kappa shape index (κ1) is 23.7. The monoisotopic (exact) mass is 397 g/mol. The molecule has 26 heavy (non-hydrogen) atoms. The van der Waals surface area contributed by atoms with Gasteiger partial charge in [-0.05, 0) is 31.7 Å². The third-order valence-corrected chi connectivity index (χ3v) is 4.51. The molecular weight excluding hydrogens is 373 g/mol. The van der Waals surface area contributed by atoms with E-state index in [0.29, 0.717) is 13.0 Å². The SMILES string of the molecule is C[C@H](NC(=O)[C@@H](N)CCCNC(=N)N)C(=O)N([C@@H](C)P(=O)(O)O)[N+](=O)[O-]. The molecule has 150 valence electrons. The number of hydrogen-bond acceptors (Lipinski definition) is 7. The molecule has 0 aliphatic rings. The largest absolute Gasteiger partial charge is 0.370 e. The molecule has 0 aromatic carbocycles. The highest BCUT2D eigenvalue weighted by Crippen LogP contribution is 2.42. The van der Waals surface area contributed by atoms with E-state index in [0.717, 1.165) is 13.8 Å². The average molecular weight is 397 g/mol. The predicted octanol–water partition coefficient (Wildman–Crippen LogP) is -2.37.